The highest BCUT2D eigenvalue weighted by Crippen LogP contribution is 2.17. The summed E-state index contributed by atoms with van der Waals surface area (Å²) in [4.78, 5) is 11.7. The molecule has 3 nitrogen and oxygen atoms in total. The van der Waals surface area contributed by atoms with Crippen LogP contribution in [0.1, 0.15) is 24.8 Å². The Balaban J connectivity index is 1.94. The van der Waals surface area contributed by atoms with E-state index in [4.69, 9.17) is 5.73 Å². The SMILES string of the molecule is NC1CCCC1NC(=O)Cc1ccc(F)cc1F. The second-order valence-corrected chi connectivity index (χ2v) is 4.68. The number of rotatable bonds is 3. The topological polar surface area (TPSA) is 55.1 Å². The second-order valence-electron chi connectivity index (χ2n) is 4.68. The minimum absolute atomic E-state index is 0.0213. The van der Waals surface area contributed by atoms with E-state index in [9.17, 15) is 13.6 Å². The van der Waals surface area contributed by atoms with Gasteiger partial charge in [-0.25, -0.2) is 8.78 Å². The first kappa shape index (κ1) is 13.0. The fourth-order valence-corrected chi connectivity index (χ4v) is 2.26. The predicted octanol–water partition coefficient (Wildman–Crippen LogP) is 1.50. The molecule has 1 amide bonds. The summed E-state index contributed by atoms with van der Waals surface area (Å²) in [5, 5.41) is 2.79. The molecule has 5 heteroatoms. The van der Waals surface area contributed by atoms with Crippen LogP contribution in [0.15, 0.2) is 18.2 Å². The van der Waals surface area contributed by atoms with Crippen molar-refractivity contribution in [1.82, 2.24) is 5.32 Å². The molecule has 0 bridgehead atoms. The van der Waals surface area contributed by atoms with Crippen molar-refractivity contribution >= 4 is 5.91 Å². The van der Waals surface area contributed by atoms with E-state index < -0.39 is 11.6 Å². The van der Waals surface area contributed by atoms with Crippen LogP contribution in [-0.4, -0.2) is 18.0 Å². The maximum absolute atomic E-state index is 13.4. The van der Waals surface area contributed by atoms with Crippen LogP contribution in [0.25, 0.3) is 0 Å². The number of nitrogens with one attached hydrogen (secondary N) is 1. The fraction of sp³-hybridized carbons (Fsp3) is 0.462. The molecule has 1 fully saturated rings. The summed E-state index contributed by atoms with van der Waals surface area (Å²) in [6, 6.07) is 3.17. The van der Waals surface area contributed by atoms with Gasteiger partial charge in [0.25, 0.3) is 0 Å². The van der Waals surface area contributed by atoms with Crippen LogP contribution in [0.2, 0.25) is 0 Å². The van der Waals surface area contributed by atoms with Gasteiger partial charge < -0.3 is 11.1 Å². The van der Waals surface area contributed by atoms with Gasteiger partial charge in [-0.05, 0) is 30.9 Å². The largest absolute Gasteiger partial charge is 0.352 e. The molecular weight excluding hydrogens is 238 g/mol. The fourth-order valence-electron chi connectivity index (χ4n) is 2.26. The molecular formula is C13H16F2N2O. The Hall–Kier alpha value is -1.49. The lowest BCUT2D eigenvalue weighted by Crippen LogP contribution is -2.44. The van der Waals surface area contributed by atoms with Gasteiger partial charge in [0.15, 0.2) is 0 Å². The van der Waals surface area contributed by atoms with E-state index >= 15 is 0 Å². The molecule has 1 saturated carbocycles. The smallest absolute Gasteiger partial charge is 0.224 e. The molecule has 2 rings (SSSR count). The van der Waals surface area contributed by atoms with E-state index in [-0.39, 0.29) is 30.0 Å². The van der Waals surface area contributed by atoms with Crippen LogP contribution in [0.5, 0.6) is 0 Å². The first-order valence-electron chi connectivity index (χ1n) is 6.05. The standard InChI is InChI=1S/C13H16F2N2O/c14-9-5-4-8(10(15)7-9)6-13(18)17-12-3-1-2-11(12)16/h4-5,7,11-12H,1-3,6,16H2,(H,17,18). The van der Waals surface area contributed by atoms with Crippen LogP contribution < -0.4 is 11.1 Å². The lowest BCUT2D eigenvalue weighted by atomic mass is 10.1. The van der Waals surface area contributed by atoms with Crippen molar-refractivity contribution in [1.29, 1.82) is 0 Å². The molecule has 2 unspecified atom stereocenters. The number of hydrogen-bond donors (Lipinski definition) is 2. The van der Waals surface area contributed by atoms with Crippen molar-refractivity contribution in [2.24, 2.45) is 5.73 Å². The Kier molecular flexibility index (Phi) is 3.91. The van der Waals surface area contributed by atoms with Gasteiger partial charge in [-0.1, -0.05) is 6.07 Å². The molecule has 98 valence electrons. The third-order valence-corrected chi connectivity index (χ3v) is 3.28. The first-order valence-corrected chi connectivity index (χ1v) is 6.05. The van der Waals surface area contributed by atoms with Gasteiger partial charge in [0.05, 0.1) is 6.42 Å². The lowest BCUT2D eigenvalue weighted by Gasteiger charge is -2.17. The van der Waals surface area contributed by atoms with E-state index in [1.807, 2.05) is 0 Å². The molecule has 2 atom stereocenters. The molecule has 1 aromatic carbocycles. The summed E-state index contributed by atoms with van der Waals surface area (Å²) in [7, 11) is 0. The summed E-state index contributed by atoms with van der Waals surface area (Å²) >= 11 is 0. The number of halogens is 2. The molecule has 3 N–H and O–H groups in total. The zero-order valence-electron chi connectivity index (χ0n) is 9.96. The Morgan fingerprint density at radius 1 is 1.39 bits per heavy atom. The van der Waals surface area contributed by atoms with Crippen molar-refractivity contribution < 1.29 is 13.6 Å². The van der Waals surface area contributed by atoms with Crippen molar-refractivity contribution in [3.05, 3.63) is 35.4 Å². The molecule has 0 saturated heterocycles. The maximum Gasteiger partial charge on any atom is 0.224 e. The number of amides is 1. The van der Waals surface area contributed by atoms with Crippen molar-refractivity contribution in [2.75, 3.05) is 0 Å². The average Bonchev–Trinajstić information content (AvgIpc) is 2.69. The minimum Gasteiger partial charge on any atom is -0.352 e. The quantitative estimate of drug-likeness (QED) is 0.859. The Bertz CT molecular complexity index is 451. The van der Waals surface area contributed by atoms with Gasteiger partial charge >= 0.3 is 0 Å². The monoisotopic (exact) mass is 254 g/mol. The molecule has 0 radical (unpaired) electrons. The van der Waals surface area contributed by atoms with Gasteiger partial charge in [-0.2, -0.15) is 0 Å². The lowest BCUT2D eigenvalue weighted by molar-refractivity contribution is -0.121. The van der Waals surface area contributed by atoms with Gasteiger partial charge in [0.1, 0.15) is 11.6 Å². The minimum atomic E-state index is -0.694. The Morgan fingerprint density at radius 3 is 2.78 bits per heavy atom. The van der Waals surface area contributed by atoms with Crippen LogP contribution in [-0.2, 0) is 11.2 Å². The molecule has 1 aliphatic rings. The molecule has 18 heavy (non-hydrogen) atoms. The molecule has 1 aromatic rings. The number of carbonyl (C=O) groups is 1. The number of nitrogens with two attached hydrogens (primary N) is 1. The molecule has 0 aliphatic heterocycles. The van der Waals surface area contributed by atoms with E-state index in [2.05, 4.69) is 5.32 Å². The molecule has 0 aromatic heterocycles. The Labute approximate surface area is 104 Å². The first-order chi connectivity index (χ1) is 8.56. The Morgan fingerprint density at radius 2 is 2.17 bits per heavy atom. The average molecular weight is 254 g/mol. The van der Waals surface area contributed by atoms with Crippen molar-refractivity contribution in [2.45, 2.75) is 37.8 Å². The van der Waals surface area contributed by atoms with E-state index in [0.717, 1.165) is 31.4 Å². The van der Waals surface area contributed by atoms with Crippen LogP contribution in [0.3, 0.4) is 0 Å². The van der Waals surface area contributed by atoms with E-state index in [1.165, 1.54) is 6.07 Å². The maximum atomic E-state index is 13.4. The summed E-state index contributed by atoms with van der Waals surface area (Å²) in [5.74, 6) is -1.61. The molecule has 0 heterocycles. The number of benzene rings is 1. The van der Waals surface area contributed by atoms with E-state index in [0.29, 0.717) is 0 Å². The highest BCUT2D eigenvalue weighted by molar-refractivity contribution is 5.79. The van der Waals surface area contributed by atoms with Crippen molar-refractivity contribution in [3.8, 4) is 0 Å². The third kappa shape index (κ3) is 3.04. The van der Waals surface area contributed by atoms with Crippen LogP contribution in [0.4, 0.5) is 8.78 Å². The predicted molar refractivity (Wildman–Crippen MR) is 63.8 cm³/mol. The normalized spacial score (nSPS) is 23.1. The summed E-state index contributed by atoms with van der Waals surface area (Å²) in [6.07, 6.45) is 2.67. The van der Waals surface area contributed by atoms with Gasteiger partial charge in [-0.3, -0.25) is 4.79 Å². The van der Waals surface area contributed by atoms with Crippen LogP contribution >= 0.6 is 0 Å². The number of hydrogen-bond acceptors (Lipinski definition) is 2. The molecule has 1 aliphatic carbocycles. The zero-order valence-corrected chi connectivity index (χ0v) is 9.96. The highest BCUT2D eigenvalue weighted by Gasteiger charge is 2.25. The summed E-state index contributed by atoms with van der Waals surface area (Å²) in [6.45, 7) is 0. The third-order valence-electron chi connectivity index (χ3n) is 3.28. The second kappa shape index (κ2) is 5.44. The number of carbonyl (C=O) groups excluding carboxylic acids is 1. The zero-order chi connectivity index (χ0) is 13.1. The summed E-state index contributed by atoms with van der Waals surface area (Å²) < 4.78 is 26.1. The van der Waals surface area contributed by atoms with Gasteiger partial charge in [0, 0.05) is 18.2 Å². The van der Waals surface area contributed by atoms with E-state index in [1.54, 1.807) is 0 Å². The van der Waals surface area contributed by atoms with Gasteiger partial charge in [-0.15, -0.1) is 0 Å². The summed E-state index contributed by atoms with van der Waals surface area (Å²) in [5.41, 5.74) is 6.03. The highest BCUT2D eigenvalue weighted by atomic mass is 19.1. The molecule has 0 spiro atoms. The van der Waals surface area contributed by atoms with Gasteiger partial charge in [0.2, 0.25) is 5.91 Å². The van der Waals surface area contributed by atoms with Crippen molar-refractivity contribution in [3.63, 3.8) is 0 Å². The van der Waals surface area contributed by atoms with Crippen LogP contribution in [0, 0.1) is 11.6 Å².